The summed E-state index contributed by atoms with van der Waals surface area (Å²) in [5.41, 5.74) is 0. The number of nitrogens with one attached hydrogen (secondary N) is 1. The zero-order valence-electron chi connectivity index (χ0n) is 13.9. The summed E-state index contributed by atoms with van der Waals surface area (Å²) in [6.07, 6.45) is 4.09. The van der Waals surface area contributed by atoms with Gasteiger partial charge in [-0.05, 0) is 32.0 Å². The fourth-order valence-corrected chi connectivity index (χ4v) is 3.57. The van der Waals surface area contributed by atoms with Crippen molar-refractivity contribution in [3.8, 4) is 0 Å². The van der Waals surface area contributed by atoms with Crippen LogP contribution in [0.25, 0.3) is 0 Å². The van der Waals surface area contributed by atoms with E-state index in [9.17, 15) is 4.79 Å². The van der Waals surface area contributed by atoms with Crippen LogP contribution in [0.5, 0.6) is 0 Å². The van der Waals surface area contributed by atoms with Crippen molar-refractivity contribution in [2.24, 2.45) is 0 Å². The molecule has 2 aliphatic heterocycles. The van der Waals surface area contributed by atoms with Gasteiger partial charge in [0.25, 0.3) is 0 Å². The largest absolute Gasteiger partial charge is 0.354 e. The number of anilines is 1. The third-order valence-corrected chi connectivity index (χ3v) is 4.84. The first kappa shape index (κ1) is 16.2. The van der Waals surface area contributed by atoms with Crippen LogP contribution in [0.4, 0.5) is 5.82 Å². The van der Waals surface area contributed by atoms with Gasteiger partial charge < -0.3 is 15.1 Å². The summed E-state index contributed by atoms with van der Waals surface area (Å²) in [6.45, 7) is 6.09. The van der Waals surface area contributed by atoms with Gasteiger partial charge in [0.1, 0.15) is 5.82 Å². The van der Waals surface area contributed by atoms with Crippen molar-refractivity contribution in [3.63, 3.8) is 0 Å². The third-order valence-electron chi connectivity index (χ3n) is 4.84. The number of nitrogens with zero attached hydrogens (tertiary/aromatic N) is 4. The van der Waals surface area contributed by atoms with Crippen LogP contribution < -0.4 is 10.2 Å². The van der Waals surface area contributed by atoms with Gasteiger partial charge in [-0.2, -0.15) is 0 Å². The molecule has 6 nitrogen and oxygen atoms in total. The quantitative estimate of drug-likeness (QED) is 0.853. The highest BCUT2D eigenvalue weighted by molar-refractivity contribution is 5.79. The molecule has 126 valence electrons. The van der Waals surface area contributed by atoms with Crippen molar-refractivity contribution in [2.45, 2.75) is 18.9 Å². The van der Waals surface area contributed by atoms with E-state index in [1.165, 1.54) is 0 Å². The third kappa shape index (κ3) is 4.00. The molecule has 0 bridgehead atoms. The standard InChI is InChI=1S/C17H27N5O/c1-18-13-15-5-4-8-22(15)17(23)14-20-9-11-21(12-10-20)16-6-2-3-7-19-16/h2-3,6-7,15,18H,4-5,8-14H2,1H3. The lowest BCUT2D eigenvalue weighted by atomic mass is 10.2. The molecule has 1 aromatic rings. The first-order valence-corrected chi connectivity index (χ1v) is 8.60. The molecule has 0 aliphatic carbocycles. The van der Waals surface area contributed by atoms with Gasteiger partial charge in [0.15, 0.2) is 0 Å². The fraction of sp³-hybridized carbons (Fsp3) is 0.647. The van der Waals surface area contributed by atoms with E-state index in [2.05, 4.69) is 25.0 Å². The van der Waals surface area contributed by atoms with Crippen LogP contribution in [0.15, 0.2) is 24.4 Å². The van der Waals surface area contributed by atoms with Gasteiger partial charge in [0.2, 0.25) is 5.91 Å². The second-order valence-corrected chi connectivity index (χ2v) is 6.39. The molecule has 0 radical (unpaired) electrons. The number of hydrogen-bond donors (Lipinski definition) is 1. The normalized spacial score (nSPS) is 22.6. The summed E-state index contributed by atoms with van der Waals surface area (Å²) in [6, 6.07) is 6.39. The van der Waals surface area contributed by atoms with E-state index >= 15 is 0 Å². The number of amides is 1. The monoisotopic (exact) mass is 317 g/mol. The van der Waals surface area contributed by atoms with Crippen LogP contribution in [-0.2, 0) is 4.79 Å². The van der Waals surface area contributed by atoms with Gasteiger partial charge in [-0.3, -0.25) is 9.69 Å². The van der Waals surface area contributed by atoms with Gasteiger partial charge in [-0.1, -0.05) is 6.07 Å². The molecule has 3 rings (SSSR count). The number of rotatable bonds is 5. The fourth-order valence-electron chi connectivity index (χ4n) is 3.57. The lowest BCUT2D eigenvalue weighted by Crippen LogP contribution is -2.51. The molecule has 1 unspecified atom stereocenters. The second-order valence-electron chi connectivity index (χ2n) is 6.39. The zero-order chi connectivity index (χ0) is 16.1. The van der Waals surface area contributed by atoms with Crippen LogP contribution in [-0.4, -0.2) is 79.6 Å². The Morgan fingerprint density at radius 2 is 2.09 bits per heavy atom. The minimum atomic E-state index is 0.286. The van der Waals surface area contributed by atoms with Crippen LogP contribution in [0.1, 0.15) is 12.8 Å². The maximum atomic E-state index is 12.6. The van der Waals surface area contributed by atoms with E-state index in [0.717, 1.165) is 57.9 Å². The number of hydrogen-bond acceptors (Lipinski definition) is 5. The average Bonchev–Trinajstić information content (AvgIpc) is 3.05. The van der Waals surface area contributed by atoms with E-state index in [-0.39, 0.29) is 5.91 Å². The number of likely N-dealkylation sites (tertiary alicyclic amines) is 1. The van der Waals surface area contributed by atoms with E-state index < -0.39 is 0 Å². The lowest BCUT2D eigenvalue weighted by Gasteiger charge is -2.36. The molecule has 2 aliphatic rings. The Bertz CT molecular complexity index is 501. The van der Waals surface area contributed by atoms with E-state index in [1.807, 2.05) is 31.4 Å². The summed E-state index contributed by atoms with van der Waals surface area (Å²) < 4.78 is 0. The SMILES string of the molecule is CNCC1CCCN1C(=O)CN1CCN(c2ccccn2)CC1. The van der Waals surface area contributed by atoms with Crippen molar-refractivity contribution in [2.75, 3.05) is 57.8 Å². The number of carbonyl (C=O) groups is 1. The van der Waals surface area contributed by atoms with Crippen molar-refractivity contribution < 1.29 is 4.79 Å². The Balaban J connectivity index is 1.48. The van der Waals surface area contributed by atoms with Crippen molar-refractivity contribution in [3.05, 3.63) is 24.4 Å². The number of piperazine rings is 1. The number of pyridine rings is 1. The summed E-state index contributed by atoms with van der Waals surface area (Å²) in [5.74, 6) is 1.32. The zero-order valence-corrected chi connectivity index (χ0v) is 13.9. The van der Waals surface area contributed by atoms with Crippen molar-refractivity contribution in [1.29, 1.82) is 0 Å². The van der Waals surface area contributed by atoms with E-state index in [0.29, 0.717) is 12.6 Å². The van der Waals surface area contributed by atoms with Crippen LogP contribution in [0.3, 0.4) is 0 Å². The maximum Gasteiger partial charge on any atom is 0.237 e. The molecule has 2 saturated heterocycles. The summed E-state index contributed by atoms with van der Waals surface area (Å²) in [5, 5.41) is 3.20. The molecule has 1 amide bonds. The molecule has 1 aromatic heterocycles. The van der Waals surface area contributed by atoms with E-state index in [4.69, 9.17) is 0 Å². The molecule has 23 heavy (non-hydrogen) atoms. The molecule has 0 saturated carbocycles. The van der Waals surface area contributed by atoms with Gasteiger partial charge in [-0.15, -0.1) is 0 Å². The van der Waals surface area contributed by atoms with Gasteiger partial charge >= 0.3 is 0 Å². The van der Waals surface area contributed by atoms with Gasteiger partial charge in [0, 0.05) is 51.5 Å². The first-order valence-electron chi connectivity index (χ1n) is 8.60. The first-order chi connectivity index (χ1) is 11.3. The Labute approximate surface area is 138 Å². The summed E-state index contributed by atoms with van der Waals surface area (Å²) in [7, 11) is 1.96. The summed E-state index contributed by atoms with van der Waals surface area (Å²) >= 11 is 0. The Morgan fingerprint density at radius 1 is 1.26 bits per heavy atom. The minimum absolute atomic E-state index is 0.286. The molecule has 2 fully saturated rings. The highest BCUT2D eigenvalue weighted by Crippen LogP contribution is 2.18. The van der Waals surface area contributed by atoms with Gasteiger partial charge in [-0.25, -0.2) is 4.98 Å². The molecule has 0 spiro atoms. The highest BCUT2D eigenvalue weighted by Gasteiger charge is 2.29. The maximum absolute atomic E-state index is 12.6. The smallest absolute Gasteiger partial charge is 0.237 e. The van der Waals surface area contributed by atoms with Crippen molar-refractivity contribution >= 4 is 11.7 Å². The number of likely N-dealkylation sites (N-methyl/N-ethyl adjacent to an activating group) is 1. The second kappa shape index (κ2) is 7.75. The average molecular weight is 317 g/mol. The van der Waals surface area contributed by atoms with E-state index in [1.54, 1.807) is 0 Å². The Morgan fingerprint density at radius 3 is 2.78 bits per heavy atom. The number of carbonyl (C=O) groups excluding carboxylic acids is 1. The van der Waals surface area contributed by atoms with Crippen LogP contribution >= 0.6 is 0 Å². The predicted octanol–water partition coefficient (Wildman–Crippen LogP) is 0.414. The topological polar surface area (TPSA) is 51.7 Å². The molecular formula is C17H27N5O. The molecule has 6 heteroatoms. The predicted molar refractivity (Wildman–Crippen MR) is 91.6 cm³/mol. The van der Waals surface area contributed by atoms with Gasteiger partial charge in [0.05, 0.1) is 6.54 Å². The Hall–Kier alpha value is -1.66. The molecule has 1 atom stereocenters. The molecule has 3 heterocycles. The highest BCUT2D eigenvalue weighted by atomic mass is 16.2. The van der Waals surface area contributed by atoms with Crippen LogP contribution in [0, 0.1) is 0 Å². The molecular weight excluding hydrogens is 290 g/mol. The molecule has 0 aromatic carbocycles. The summed E-state index contributed by atoms with van der Waals surface area (Å²) in [4.78, 5) is 23.6. The van der Waals surface area contributed by atoms with Crippen LogP contribution in [0.2, 0.25) is 0 Å². The lowest BCUT2D eigenvalue weighted by molar-refractivity contribution is -0.133. The van der Waals surface area contributed by atoms with Crippen molar-refractivity contribution in [1.82, 2.24) is 20.1 Å². The minimum Gasteiger partial charge on any atom is -0.354 e. The Kier molecular flexibility index (Phi) is 5.46. The number of aromatic nitrogens is 1. The molecule has 1 N–H and O–H groups in total.